The maximum Gasteiger partial charge on any atom is 0.243 e. The van der Waals surface area contributed by atoms with Crippen LogP contribution in [0.2, 0.25) is 10.0 Å². The highest BCUT2D eigenvalue weighted by molar-refractivity contribution is 6.41. The number of hydrogen-bond donors (Lipinski definition) is 2. The Morgan fingerprint density at radius 1 is 1.17 bits per heavy atom. The second-order valence-electron chi connectivity index (χ2n) is 9.08. The lowest BCUT2D eigenvalue weighted by Crippen LogP contribution is -2.45. The van der Waals surface area contributed by atoms with E-state index in [0.29, 0.717) is 50.8 Å². The highest BCUT2D eigenvalue weighted by Crippen LogP contribution is 2.57. The van der Waals surface area contributed by atoms with Crippen LogP contribution in [0.4, 0.5) is 5.95 Å². The summed E-state index contributed by atoms with van der Waals surface area (Å²) in [6.45, 7) is 5.81. The molecule has 2 aromatic carbocycles. The van der Waals surface area contributed by atoms with Crippen LogP contribution in [0.1, 0.15) is 13.3 Å². The van der Waals surface area contributed by atoms with Crippen molar-refractivity contribution < 1.29 is 14.3 Å². The SMILES string of the molecule is C=CC(=O)N[C@H]1C[C@@H]2C(C)[C@@H]2[C@H]1Nc1ncc2cc(-c3c(Cl)c(OC)cc(OC)c3Cl)ccc2n1. The van der Waals surface area contributed by atoms with Gasteiger partial charge in [0, 0.05) is 29.3 Å². The summed E-state index contributed by atoms with van der Waals surface area (Å²) in [6, 6.07) is 7.53. The van der Waals surface area contributed by atoms with Gasteiger partial charge in [-0.15, -0.1) is 0 Å². The second kappa shape index (κ2) is 9.21. The number of fused-ring (bicyclic) bond motifs is 2. The van der Waals surface area contributed by atoms with Gasteiger partial charge in [-0.1, -0.05) is 42.8 Å². The van der Waals surface area contributed by atoms with E-state index in [1.165, 1.54) is 6.08 Å². The number of nitrogens with zero attached hydrogens (tertiary/aromatic N) is 2. The highest BCUT2D eigenvalue weighted by Gasteiger charge is 2.59. The normalized spacial score (nSPS) is 24.5. The average molecular weight is 513 g/mol. The first-order valence-corrected chi connectivity index (χ1v) is 12.2. The molecule has 2 aliphatic rings. The lowest BCUT2D eigenvalue weighted by atomic mass is 10.0. The number of methoxy groups -OCH3 is 2. The van der Waals surface area contributed by atoms with Crippen molar-refractivity contribution in [1.29, 1.82) is 0 Å². The van der Waals surface area contributed by atoms with Crippen molar-refractivity contribution in [2.75, 3.05) is 19.5 Å². The summed E-state index contributed by atoms with van der Waals surface area (Å²) < 4.78 is 10.8. The van der Waals surface area contributed by atoms with E-state index in [4.69, 9.17) is 37.7 Å². The van der Waals surface area contributed by atoms with Gasteiger partial charge < -0.3 is 20.1 Å². The number of rotatable bonds is 7. The van der Waals surface area contributed by atoms with Crippen LogP contribution in [0.25, 0.3) is 22.0 Å². The molecule has 2 N–H and O–H groups in total. The summed E-state index contributed by atoms with van der Waals surface area (Å²) in [5.41, 5.74) is 2.19. The van der Waals surface area contributed by atoms with Crippen molar-refractivity contribution >= 4 is 46.0 Å². The fourth-order valence-electron chi connectivity index (χ4n) is 5.39. The Morgan fingerprint density at radius 3 is 2.54 bits per heavy atom. The molecule has 1 aromatic heterocycles. The summed E-state index contributed by atoms with van der Waals surface area (Å²) in [5, 5.41) is 8.17. The highest BCUT2D eigenvalue weighted by atomic mass is 35.5. The van der Waals surface area contributed by atoms with Gasteiger partial charge in [-0.25, -0.2) is 9.97 Å². The molecule has 5 rings (SSSR count). The minimum absolute atomic E-state index is 0.0284. The number of aromatic nitrogens is 2. The number of hydrogen-bond acceptors (Lipinski definition) is 6. The fraction of sp³-hybridized carbons (Fsp3) is 0.346. The largest absolute Gasteiger partial charge is 0.495 e. The van der Waals surface area contributed by atoms with E-state index in [1.807, 2.05) is 18.2 Å². The third-order valence-corrected chi connectivity index (χ3v) is 8.01. The number of carbonyl (C=O) groups excluding carboxylic acids is 1. The molecule has 182 valence electrons. The molecular formula is C26H26Cl2N4O3. The molecule has 0 bridgehead atoms. The van der Waals surface area contributed by atoms with Crippen LogP contribution in [0.15, 0.2) is 43.1 Å². The summed E-state index contributed by atoms with van der Waals surface area (Å²) in [6.07, 6.45) is 4.03. The molecule has 5 atom stereocenters. The van der Waals surface area contributed by atoms with Gasteiger partial charge in [0.25, 0.3) is 0 Å². The monoisotopic (exact) mass is 512 g/mol. The number of halogens is 2. The smallest absolute Gasteiger partial charge is 0.243 e. The van der Waals surface area contributed by atoms with Gasteiger partial charge in [0.15, 0.2) is 0 Å². The number of ether oxygens (including phenoxy) is 2. The minimum Gasteiger partial charge on any atom is -0.495 e. The maximum absolute atomic E-state index is 11.9. The molecule has 0 spiro atoms. The van der Waals surface area contributed by atoms with Gasteiger partial charge in [-0.2, -0.15) is 0 Å². The minimum atomic E-state index is -0.158. The van der Waals surface area contributed by atoms with E-state index in [0.717, 1.165) is 22.9 Å². The Labute approximate surface area is 213 Å². The van der Waals surface area contributed by atoms with E-state index in [-0.39, 0.29) is 18.0 Å². The molecule has 1 unspecified atom stereocenters. The third-order valence-electron chi connectivity index (χ3n) is 7.26. The van der Waals surface area contributed by atoms with Gasteiger partial charge in [-0.05, 0) is 47.9 Å². The summed E-state index contributed by atoms with van der Waals surface area (Å²) in [7, 11) is 3.09. The first kappa shape index (κ1) is 23.7. The summed E-state index contributed by atoms with van der Waals surface area (Å²) in [4.78, 5) is 21.2. The molecule has 0 radical (unpaired) electrons. The van der Waals surface area contributed by atoms with Crippen LogP contribution < -0.4 is 20.1 Å². The predicted molar refractivity (Wildman–Crippen MR) is 138 cm³/mol. The number of carbonyl (C=O) groups is 1. The zero-order valence-corrected chi connectivity index (χ0v) is 21.2. The van der Waals surface area contributed by atoms with Gasteiger partial charge in [-0.3, -0.25) is 4.79 Å². The van der Waals surface area contributed by atoms with Crippen LogP contribution >= 0.6 is 23.2 Å². The number of amides is 1. The standard InChI is InChI=1S/C26H26Cl2N4O3/c1-5-20(33)30-17-9-15-12(2)21(15)25(17)32-26-29-11-14-8-13(6-7-16(14)31-26)22-23(27)18(34-3)10-19(35-4)24(22)28/h5-8,10-12,15,17,21,25H,1,9H2,2-4H3,(H,30,33)(H,29,31,32)/t12?,15-,17+,21+,25+/m1/s1. The molecule has 0 saturated heterocycles. The molecular weight excluding hydrogens is 487 g/mol. The topological polar surface area (TPSA) is 85.4 Å². The van der Waals surface area contributed by atoms with Crippen molar-refractivity contribution in [2.45, 2.75) is 25.4 Å². The summed E-state index contributed by atoms with van der Waals surface area (Å²) >= 11 is 13.2. The molecule has 0 aliphatic heterocycles. The van der Waals surface area contributed by atoms with Gasteiger partial charge >= 0.3 is 0 Å². The van der Waals surface area contributed by atoms with Crippen LogP contribution in [0.5, 0.6) is 11.5 Å². The Bertz CT molecular complexity index is 1300. The van der Waals surface area contributed by atoms with Crippen LogP contribution in [-0.4, -0.2) is 42.2 Å². The molecule has 2 aliphatic carbocycles. The van der Waals surface area contributed by atoms with E-state index in [2.05, 4.69) is 29.1 Å². The fourth-order valence-corrected chi connectivity index (χ4v) is 6.11. The summed E-state index contributed by atoms with van der Waals surface area (Å²) in [5.74, 6) is 3.06. The first-order chi connectivity index (χ1) is 16.9. The number of benzene rings is 2. The molecule has 9 heteroatoms. The van der Waals surface area contributed by atoms with Gasteiger partial charge in [0.2, 0.25) is 11.9 Å². The Kier molecular flexibility index (Phi) is 6.23. The van der Waals surface area contributed by atoms with Crippen molar-refractivity contribution in [3.63, 3.8) is 0 Å². The lowest BCUT2D eigenvalue weighted by molar-refractivity contribution is -0.117. The van der Waals surface area contributed by atoms with Crippen LogP contribution in [-0.2, 0) is 4.79 Å². The lowest BCUT2D eigenvalue weighted by Gasteiger charge is -2.25. The van der Waals surface area contributed by atoms with Crippen LogP contribution in [0, 0.1) is 17.8 Å². The number of nitrogens with one attached hydrogen (secondary N) is 2. The molecule has 2 saturated carbocycles. The van der Waals surface area contributed by atoms with Crippen LogP contribution in [0.3, 0.4) is 0 Å². The van der Waals surface area contributed by atoms with Gasteiger partial charge in [0.1, 0.15) is 11.5 Å². The molecule has 1 heterocycles. The zero-order chi connectivity index (χ0) is 24.9. The Hall–Kier alpha value is -3.03. The molecule has 3 aromatic rings. The average Bonchev–Trinajstić information content (AvgIpc) is 3.34. The van der Waals surface area contributed by atoms with E-state index in [1.54, 1.807) is 26.5 Å². The molecule has 2 fully saturated rings. The second-order valence-corrected chi connectivity index (χ2v) is 9.83. The third kappa shape index (κ3) is 4.17. The van der Waals surface area contributed by atoms with E-state index in [9.17, 15) is 4.79 Å². The predicted octanol–water partition coefficient (Wildman–Crippen LogP) is 5.36. The quantitative estimate of drug-likeness (QED) is 0.414. The van der Waals surface area contributed by atoms with E-state index >= 15 is 0 Å². The Balaban J connectivity index is 1.44. The Morgan fingerprint density at radius 2 is 1.89 bits per heavy atom. The van der Waals surface area contributed by atoms with Crippen molar-refractivity contribution in [3.05, 3.63) is 53.2 Å². The number of anilines is 1. The molecule has 35 heavy (non-hydrogen) atoms. The van der Waals surface area contributed by atoms with Crippen molar-refractivity contribution in [3.8, 4) is 22.6 Å². The first-order valence-electron chi connectivity index (χ1n) is 11.4. The van der Waals surface area contributed by atoms with Gasteiger partial charge in [0.05, 0.1) is 35.8 Å². The maximum atomic E-state index is 11.9. The molecule has 1 amide bonds. The zero-order valence-electron chi connectivity index (χ0n) is 19.6. The van der Waals surface area contributed by atoms with Crippen molar-refractivity contribution in [2.24, 2.45) is 17.8 Å². The van der Waals surface area contributed by atoms with E-state index < -0.39 is 0 Å². The molecule has 7 nitrogen and oxygen atoms in total. The van der Waals surface area contributed by atoms with Crippen molar-refractivity contribution in [1.82, 2.24) is 15.3 Å².